The summed E-state index contributed by atoms with van der Waals surface area (Å²) in [6, 6.07) is 11.0. The highest BCUT2D eigenvalue weighted by Crippen LogP contribution is 2.32. The molecule has 8 heteroatoms. The van der Waals surface area contributed by atoms with Crippen LogP contribution in [0.5, 0.6) is 5.75 Å². The first-order valence-electron chi connectivity index (χ1n) is 8.95. The van der Waals surface area contributed by atoms with Crippen LogP contribution in [0, 0.1) is 0 Å². The average molecular weight is 450 g/mol. The number of hydrogen-bond acceptors (Lipinski definition) is 5. The van der Waals surface area contributed by atoms with Gasteiger partial charge in [-0.1, -0.05) is 33.7 Å². The molecule has 0 spiro atoms. The Morgan fingerprint density at radius 1 is 1.21 bits per heavy atom. The standard InChI is InChI=1S/C21H21Cl2N3O2S/c1-13(26-29(27)21(2,3)4)16-9-14-10-17(22)19(11-18(14)25-20(16)23)28-12-15-7-5-6-8-24-15/h5-11H,12H2,1-4H3/b26-13-. The van der Waals surface area contributed by atoms with E-state index >= 15 is 0 Å². The van der Waals surface area contributed by atoms with Crippen LogP contribution in [0.4, 0.5) is 0 Å². The number of pyridine rings is 2. The highest BCUT2D eigenvalue weighted by atomic mass is 35.5. The van der Waals surface area contributed by atoms with Crippen molar-refractivity contribution in [3.63, 3.8) is 0 Å². The summed E-state index contributed by atoms with van der Waals surface area (Å²) in [6.45, 7) is 7.66. The molecule has 5 nitrogen and oxygen atoms in total. The number of nitrogens with zero attached hydrogens (tertiary/aromatic N) is 3. The normalized spacial score (nSPS) is 13.6. The van der Waals surface area contributed by atoms with E-state index < -0.39 is 16.1 Å². The van der Waals surface area contributed by atoms with Crippen molar-refractivity contribution in [1.29, 1.82) is 0 Å². The maximum absolute atomic E-state index is 12.3. The maximum atomic E-state index is 12.3. The summed E-state index contributed by atoms with van der Waals surface area (Å²) in [5.41, 5.74) is 2.62. The minimum atomic E-state index is -1.39. The molecule has 0 saturated heterocycles. The van der Waals surface area contributed by atoms with Gasteiger partial charge in [-0.05, 0) is 52.0 Å². The van der Waals surface area contributed by atoms with Crippen LogP contribution in [0.15, 0.2) is 47.0 Å². The smallest absolute Gasteiger partial charge is 0.144 e. The SMILES string of the molecule is C/C(=N/[S+]([O-])C(C)(C)C)c1cc2cc(Cl)c(OCc3ccccn3)cc2nc1Cl. The maximum Gasteiger partial charge on any atom is 0.144 e. The molecular weight excluding hydrogens is 429 g/mol. The minimum absolute atomic E-state index is 0.280. The van der Waals surface area contributed by atoms with Crippen LogP contribution in [-0.2, 0) is 18.0 Å². The van der Waals surface area contributed by atoms with E-state index in [0.717, 1.165) is 11.1 Å². The van der Waals surface area contributed by atoms with Gasteiger partial charge in [0.1, 0.15) is 33.6 Å². The molecule has 0 amide bonds. The van der Waals surface area contributed by atoms with Crippen LogP contribution in [0.3, 0.4) is 0 Å². The zero-order valence-corrected chi connectivity index (χ0v) is 18.9. The van der Waals surface area contributed by atoms with E-state index in [4.69, 9.17) is 27.9 Å². The molecule has 0 saturated carbocycles. The molecule has 0 aliphatic rings. The third kappa shape index (κ3) is 5.39. The summed E-state index contributed by atoms with van der Waals surface area (Å²) in [5, 5.41) is 1.52. The highest BCUT2D eigenvalue weighted by Gasteiger charge is 2.27. The van der Waals surface area contributed by atoms with Crippen molar-refractivity contribution < 1.29 is 9.29 Å². The molecule has 1 aromatic carbocycles. The Labute approximate surface area is 183 Å². The van der Waals surface area contributed by atoms with Crippen molar-refractivity contribution >= 4 is 51.2 Å². The second-order valence-electron chi connectivity index (χ2n) is 7.45. The van der Waals surface area contributed by atoms with Crippen LogP contribution in [0.25, 0.3) is 10.9 Å². The highest BCUT2D eigenvalue weighted by molar-refractivity contribution is 7.91. The lowest BCUT2D eigenvalue weighted by Crippen LogP contribution is -2.26. The summed E-state index contributed by atoms with van der Waals surface area (Å²) in [4.78, 5) is 8.68. The van der Waals surface area contributed by atoms with E-state index in [1.807, 2.05) is 45.0 Å². The fraction of sp³-hybridized carbons (Fsp3) is 0.286. The number of fused-ring (bicyclic) bond motifs is 1. The second-order valence-corrected chi connectivity index (χ2v) is 10.1. The van der Waals surface area contributed by atoms with Crippen molar-refractivity contribution in [2.75, 3.05) is 0 Å². The predicted octanol–water partition coefficient (Wildman–Crippen LogP) is 5.79. The quantitative estimate of drug-likeness (QED) is 0.280. The summed E-state index contributed by atoms with van der Waals surface area (Å²) in [5.74, 6) is 0.500. The van der Waals surface area contributed by atoms with Crippen LogP contribution in [-0.4, -0.2) is 25.0 Å². The summed E-state index contributed by atoms with van der Waals surface area (Å²) in [6.07, 6.45) is 1.71. The fourth-order valence-corrected chi connectivity index (χ4v) is 3.59. The largest absolute Gasteiger partial charge is 0.591 e. The Hall–Kier alpha value is -1.86. The monoisotopic (exact) mass is 449 g/mol. The third-order valence-electron chi connectivity index (χ3n) is 4.06. The number of ether oxygens (including phenoxy) is 1. The number of rotatable bonds is 5. The van der Waals surface area contributed by atoms with Gasteiger partial charge in [-0.3, -0.25) is 4.98 Å². The summed E-state index contributed by atoms with van der Waals surface area (Å²) >= 11 is 11.4. The first kappa shape index (κ1) is 21.8. The zero-order valence-electron chi connectivity index (χ0n) is 16.6. The van der Waals surface area contributed by atoms with Gasteiger partial charge in [0.25, 0.3) is 0 Å². The number of benzene rings is 1. The number of halogens is 2. The van der Waals surface area contributed by atoms with Crippen molar-refractivity contribution in [3.8, 4) is 5.75 Å². The molecule has 0 fully saturated rings. The van der Waals surface area contributed by atoms with Crippen LogP contribution in [0.2, 0.25) is 10.2 Å². The lowest BCUT2D eigenvalue weighted by molar-refractivity contribution is 0.302. The van der Waals surface area contributed by atoms with E-state index in [9.17, 15) is 4.55 Å². The van der Waals surface area contributed by atoms with Crippen molar-refractivity contribution in [2.24, 2.45) is 4.40 Å². The van der Waals surface area contributed by atoms with E-state index in [-0.39, 0.29) is 5.15 Å². The van der Waals surface area contributed by atoms with Gasteiger partial charge in [-0.15, -0.1) is 0 Å². The second kappa shape index (κ2) is 8.88. The van der Waals surface area contributed by atoms with Gasteiger partial charge in [0.15, 0.2) is 0 Å². The average Bonchev–Trinajstić information content (AvgIpc) is 2.66. The zero-order chi connectivity index (χ0) is 21.2. The molecule has 0 radical (unpaired) electrons. The molecule has 29 heavy (non-hydrogen) atoms. The van der Waals surface area contributed by atoms with E-state index in [1.165, 1.54) is 0 Å². The predicted molar refractivity (Wildman–Crippen MR) is 120 cm³/mol. The lowest BCUT2D eigenvalue weighted by atomic mass is 10.1. The Balaban J connectivity index is 1.91. The lowest BCUT2D eigenvalue weighted by Gasteiger charge is -2.19. The van der Waals surface area contributed by atoms with Gasteiger partial charge >= 0.3 is 0 Å². The molecule has 0 aliphatic carbocycles. The molecule has 2 heterocycles. The Morgan fingerprint density at radius 3 is 2.62 bits per heavy atom. The molecule has 2 aromatic heterocycles. The molecule has 0 N–H and O–H groups in total. The van der Waals surface area contributed by atoms with E-state index in [1.54, 1.807) is 25.3 Å². The van der Waals surface area contributed by atoms with E-state index in [2.05, 4.69) is 14.4 Å². The van der Waals surface area contributed by atoms with Crippen LogP contribution >= 0.6 is 23.2 Å². The number of hydrogen-bond donors (Lipinski definition) is 0. The topological polar surface area (TPSA) is 70.4 Å². The van der Waals surface area contributed by atoms with Gasteiger partial charge in [0.2, 0.25) is 0 Å². The van der Waals surface area contributed by atoms with E-state index in [0.29, 0.717) is 34.2 Å². The number of aromatic nitrogens is 2. The van der Waals surface area contributed by atoms with Crippen molar-refractivity contribution in [3.05, 3.63) is 64.0 Å². The van der Waals surface area contributed by atoms with Crippen molar-refractivity contribution in [2.45, 2.75) is 39.0 Å². The summed E-state index contributed by atoms with van der Waals surface area (Å²) < 4.78 is 22.0. The molecular formula is C21H21Cl2N3O2S. The van der Waals surface area contributed by atoms with Gasteiger partial charge in [0, 0.05) is 23.2 Å². The van der Waals surface area contributed by atoms with Crippen LogP contribution < -0.4 is 4.74 Å². The molecule has 1 atom stereocenters. The van der Waals surface area contributed by atoms with Gasteiger partial charge in [-0.25, -0.2) is 4.98 Å². The molecule has 1 unspecified atom stereocenters. The first-order chi connectivity index (χ1) is 13.6. The van der Waals surface area contributed by atoms with Gasteiger partial charge in [-0.2, -0.15) is 0 Å². The molecule has 3 rings (SSSR count). The summed E-state index contributed by atoms with van der Waals surface area (Å²) in [7, 11) is 0. The minimum Gasteiger partial charge on any atom is -0.591 e. The Kier molecular flexibility index (Phi) is 6.69. The molecule has 152 valence electrons. The fourth-order valence-electron chi connectivity index (χ4n) is 2.46. The van der Waals surface area contributed by atoms with Gasteiger partial charge < -0.3 is 9.29 Å². The van der Waals surface area contributed by atoms with Crippen LogP contribution in [0.1, 0.15) is 39.0 Å². The first-order valence-corrected chi connectivity index (χ1v) is 10.8. The molecule has 0 bridgehead atoms. The Morgan fingerprint density at radius 2 is 1.97 bits per heavy atom. The van der Waals surface area contributed by atoms with Crippen molar-refractivity contribution in [1.82, 2.24) is 9.97 Å². The third-order valence-corrected chi connectivity index (χ3v) is 6.13. The molecule has 0 aliphatic heterocycles. The molecule has 3 aromatic rings. The van der Waals surface area contributed by atoms with Gasteiger partial charge in [0.05, 0.1) is 21.9 Å². The Bertz CT molecular complexity index is 1050.